The van der Waals surface area contributed by atoms with E-state index in [-0.39, 0.29) is 0 Å². The first-order chi connectivity index (χ1) is 18.2. The molecular weight excluding hydrogens is 460 g/mol. The van der Waals surface area contributed by atoms with Gasteiger partial charge >= 0.3 is 0 Å². The number of hydrogen-bond donors (Lipinski definition) is 1. The lowest BCUT2D eigenvalue weighted by Gasteiger charge is -2.42. The molecule has 4 aromatic rings. The normalized spacial score (nSPS) is 20.7. The summed E-state index contributed by atoms with van der Waals surface area (Å²) in [5.41, 5.74) is 10.6. The number of aromatic nitrogens is 3. The number of nitrogens with zero attached hydrogens (tertiary/aromatic N) is 5. The van der Waals surface area contributed by atoms with E-state index < -0.39 is 0 Å². The topological polar surface area (TPSA) is 72.4 Å². The number of nitrogen functional groups attached to an aromatic ring is 1. The minimum atomic E-state index is 0.439. The van der Waals surface area contributed by atoms with Gasteiger partial charge in [0.1, 0.15) is 30.1 Å². The standard InChI is InChI=1S/C30H35N6O/c1-2-34-11-13-35(14-12-34)18-23-15-25(16-23)36-19-27(28-29(31)32-21-33-30(28)36)24-9-6-10-26(17-24)37-20-22-7-4-3-5-8-22/h3-10,17,19,21,23,25H,1-2,11-16,18,20H2,(H2,31,32,33). The van der Waals surface area contributed by atoms with Gasteiger partial charge in [-0.2, -0.15) is 0 Å². The summed E-state index contributed by atoms with van der Waals surface area (Å²) in [5.74, 6) is 2.08. The average molecular weight is 496 g/mol. The summed E-state index contributed by atoms with van der Waals surface area (Å²) in [6, 6.07) is 18.9. The van der Waals surface area contributed by atoms with Crippen LogP contribution in [0.1, 0.15) is 24.4 Å². The van der Waals surface area contributed by atoms with E-state index in [1.807, 2.05) is 30.3 Å². The highest BCUT2D eigenvalue weighted by Gasteiger charge is 2.34. The summed E-state index contributed by atoms with van der Waals surface area (Å²) in [7, 11) is 0. The minimum absolute atomic E-state index is 0.439. The van der Waals surface area contributed by atoms with Crippen LogP contribution in [-0.4, -0.2) is 63.6 Å². The number of anilines is 1. The fourth-order valence-electron chi connectivity index (χ4n) is 5.74. The zero-order chi connectivity index (χ0) is 25.2. The van der Waals surface area contributed by atoms with Crippen molar-refractivity contribution in [2.45, 2.75) is 25.5 Å². The molecule has 3 heterocycles. The first kappa shape index (κ1) is 23.9. The Hall–Kier alpha value is -3.42. The van der Waals surface area contributed by atoms with Gasteiger partial charge in [0.05, 0.1) is 5.39 Å². The quantitative estimate of drug-likeness (QED) is 0.383. The fourth-order valence-corrected chi connectivity index (χ4v) is 5.74. The monoisotopic (exact) mass is 495 g/mol. The zero-order valence-corrected chi connectivity index (χ0v) is 21.3. The predicted molar refractivity (Wildman–Crippen MR) is 148 cm³/mol. The third-order valence-corrected chi connectivity index (χ3v) is 7.93. The van der Waals surface area contributed by atoms with E-state index in [4.69, 9.17) is 10.5 Å². The number of piperazine rings is 1. The molecule has 1 radical (unpaired) electrons. The average Bonchev–Trinajstić information content (AvgIpc) is 3.31. The summed E-state index contributed by atoms with van der Waals surface area (Å²) in [6.07, 6.45) is 6.14. The van der Waals surface area contributed by atoms with E-state index in [0.717, 1.165) is 72.1 Å². The Balaban J connectivity index is 1.19. The van der Waals surface area contributed by atoms with Gasteiger partial charge in [-0.3, -0.25) is 0 Å². The lowest BCUT2D eigenvalue weighted by atomic mass is 9.79. The molecule has 7 heteroatoms. The Bertz CT molecular complexity index is 1340. The second-order valence-corrected chi connectivity index (χ2v) is 10.3. The third kappa shape index (κ3) is 5.06. The first-order valence-electron chi connectivity index (χ1n) is 13.3. The Kier molecular flexibility index (Phi) is 6.81. The smallest absolute Gasteiger partial charge is 0.146 e. The van der Waals surface area contributed by atoms with Gasteiger partial charge in [-0.1, -0.05) is 42.5 Å². The molecule has 1 saturated carbocycles. The van der Waals surface area contributed by atoms with Crippen molar-refractivity contribution in [2.75, 3.05) is 45.0 Å². The van der Waals surface area contributed by atoms with Crippen molar-refractivity contribution in [1.82, 2.24) is 24.3 Å². The van der Waals surface area contributed by atoms with E-state index in [0.29, 0.717) is 18.5 Å². The predicted octanol–water partition coefficient (Wildman–Crippen LogP) is 4.66. The molecule has 0 spiro atoms. The minimum Gasteiger partial charge on any atom is -0.489 e. The van der Waals surface area contributed by atoms with E-state index in [9.17, 15) is 0 Å². The number of ether oxygens (including phenoxy) is 1. The van der Waals surface area contributed by atoms with Crippen LogP contribution in [0.2, 0.25) is 0 Å². The molecule has 37 heavy (non-hydrogen) atoms. The van der Waals surface area contributed by atoms with Gasteiger partial charge in [-0.25, -0.2) is 9.97 Å². The van der Waals surface area contributed by atoms with Crippen molar-refractivity contribution >= 4 is 16.9 Å². The summed E-state index contributed by atoms with van der Waals surface area (Å²) < 4.78 is 8.43. The fraction of sp³-hybridized carbons (Fsp3) is 0.367. The number of hydrogen-bond acceptors (Lipinski definition) is 6. The van der Waals surface area contributed by atoms with Gasteiger partial charge in [0, 0.05) is 50.5 Å². The number of benzene rings is 2. The Labute approximate surface area is 218 Å². The molecule has 2 aromatic heterocycles. The molecule has 1 aliphatic carbocycles. The second kappa shape index (κ2) is 10.5. The van der Waals surface area contributed by atoms with Crippen LogP contribution in [0.4, 0.5) is 5.82 Å². The maximum Gasteiger partial charge on any atom is 0.146 e. The molecular formula is C30H35N6O. The molecule has 0 bridgehead atoms. The van der Waals surface area contributed by atoms with Crippen molar-refractivity contribution in [3.05, 3.63) is 79.6 Å². The maximum absolute atomic E-state index is 6.40. The van der Waals surface area contributed by atoms with Crippen molar-refractivity contribution in [1.29, 1.82) is 0 Å². The molecule has 2 aliphatic rings. The van der Waals surface area contributed by atoms with Crippen LogP contribution < -0.4 is 10.5 Å². The van der Waals surface area contributed by atoms with Gasteiger partial charge in [-0.05, 0) is 55.5 Å². The zero-order valence-electron chi connectivity index (χ0n) is 21.3. The highest BCUT2D eigenvalue weighted by molar-refractivity contribution is 6.00. The van der Waals surface area contributed by atoms with E-state index in [1.54, 1.807) is 6.33 Å². The van der Waals surface area contributed by atoms with Gasteiger partial charge in [-0.15, -0.1) is 0 Å². The molecule has 2 aromatic carbocycles. The van der Waals surface area contributed by atoms with E-state index >= 15 is 0 Å². The Morgan fingerprint density at radius 2 is 1.73 bits per heavy atom. The number of nitrogens with two attached hydrogens (primary N) is 1. The highest BCUT2D eigenvalue weighted by atomic mass is 16.5. The van der Waals surface area contributed by atoms with Crippen LogP contribution >= 0.6 is 0 Å². The summed E-state index contributed by atoms with van der Waals surface area (Å²) in [6.45, 7) is 11.2. The van der Waals surface area contributed by atoms with Gasteiger partial charge in [0.2, 0.25) is 0 Å². The van der Waals surface area contributed by atoms with Crippen LogP contribution in [0.5, 0.6) is 5.75 Å². The highest BCUT2D eigenvalue weighted by Crippen LogP contribution is 2.43. The molecule has 6 rings (SSSR count). The summed E-state index contributed by atoms with van der Waals surface area (Å²) in [4.78, 5) is 14.0. The molecule has 2 fully saturated rings. The lowest BCUT2D eigenvalue weighted by Crippen LogP contribution is -2.48. The van der Waals surface area contributed by atoms with E-state index in [2.05, 4.69) is 61.7 Å². The molecule has 2 N–H and O–H groups in total. The lowest BCUT2D eigenvalue weighted by molar-refractivity contribution is 0.0868. The van der Waals surface area contributed by atoms with Crippen LogP contribution in [0.15, 0.2) is 67.1 Å². The van der Waals surface area contributed by atoms with Crippen molar-refractivity contribution < 1.29 is 4.74 Å². The second-order valence-electron chi connectivity index (χ2n) is 10.3. The third-order valence-electron chi connectivity index (χ3n) is 7.93. The molecule has 1 saturated heterocycles. The maximum atomic E-state index is 6.40. The molecule has 7 nitrogen and oxygen atoms in total. The van der Waals surface area contributed by atoms with Gasteiger partial charge in [0.15, 0.2) is 0 Å². The molecule has 0 unspecified atom stereocenters. The first-order valence-corrected chi connectivity index (χ1v) is 13.3. The van der Waals surface area contributed by atoms with Crippen LogP contribution in [0, 0.1) is 12.8 Å². The molecule has 191 valence electrons. The Morgan fingerprint density at radius 1 is 0.946 bits per heavy atom. The molecule has 1 aliphatic heterocycles. The number of fused-ring (bicyclic) bond motifs is 1. The Morgan fingerprint density at radius 3 is 2.51 bits per heavy atom. The molecule has 0 atom stereocenters. The van der Waals surface area contributed by atoms with Crippen molar-refractivity contribution in [2.24, 2.45) is 5.92 Å². The van der Waals surface area contributed by atoms with Crippen LogP contribution in [-0.2, 0) is 6.61 Å². The van der Waals surface area contributed by atoms with Crippen molar-refractivity contribution in [3.63, 3.8) is 0 Å². The van der Waals surface area contributed by atoms with E-state index in [1.165, 1.54) is 19.4 Å². The largest absolute Gasteiger partial charge is 0.489 e. The summed E-state index contributed by atoms with van der Waals surface area (Å²) >= 11 is 0. The summed E-state index contributed by atoms with van der Waals surface area (Å²) in [5, 5.41) is 0.926. The van der Waals surface area contributed by atoms with Gasteiger partial charge < -0.3 is 24.8 Å². The number of rotatable bonds is 8. The molecule has 0 amide bonds. The van der Waals surface area contributed by atoms with Gasteiger partial charge in [0.25, 0.3) is 0 Å². The van der Waals surface area contributed by atoms with Crippen LogP contribution in [0.3, 0.4) is 0 Å². The van der Waals surface area contributed by atoms with Crippen molar-refractivity contribution in [3.8, 4) is 16.9 Å². The van der Waals surface area contributed by atoms with Crippen LogP contribution in [0.25, 0.3) is 22.2 Å². The SMILES string of the molecule is [CH2]CN1CCN(CC2CC(n3cc(-c4cccc(OCc5ccccc5)c4)c4c(N)ncnc43)C2)CC1.